The number of amides is 1. The first-order chi connectivity index (χ1) is 8.84. The van der Waals surface area contributed by atoms with Gasteiger partial charge in [-0.2, -0.15) is 0 Å². The Morgan fingerprint density at radius 3 is 2.74 bits per heavy atom. The van der Waals surface area contributed by atoms with Crippen molar-refractivity contribution >= 4 is 37.0 Å². The Morgan fingerprint density at radius 1 is 1.53 bits per heavy atom. The fourth-order valence-corrected chi connectivity index (χ4v) is 4.10. The number of hydrogen-bond acceptors (Lipinski definition) is 4. The topological polar surface area (TPSA) is 63.2 Å². The number of carbonyl (C=O) groups excluding carboxylic acids is 1. The molecule has 1 aliphatic rings. The van der Waals surface area contributed by atoms with Gasteiger partial charge in [-0.3, -0.25) is 4.79 Å². The predicted octanol–water partition coefficient (Wildman–Crippen LogP) is 2.52. The summed E-state index contributed by atoms with van der Waals surface area (Å²) in [6, 6.07) is 3.24. The fourth-order valence-electron chi connectivity index (χ4n) is 1.98. The maximum Gasteiger partial charge on any atom is 0.270 e. The summed E-state index contributed by atoms with van der Waals surface area (Å²) >= 11 is 1.04. The van der Waals surface area contributed by atoms with Gasteiger partial charge in [0.1, 0.15) is 4.21 Å². The number of hydrogen-bond donors (Lipinski definition) is 1. The van der Waals surface area contributed by atoms with Gasteiger partial charge in [0.15, 0.2) is 0 Å². The summed E-state index contributed by atoms with van der Waals surface area (Å²) in [7, 11) is 1.55. The molecule has 7 heteroatoms. The second-order valence-corrected chi connectivity index (χ2v) is 8.94. The third kappa shape index (κ3) is 4.78. The van der Waals surface area contributed by atoms with E-state index in [2.05, 4.69) is 5.32 Å². The zero-order valence-corrected chi connectivity index (χ0v) is 12.9. The van der Waals surface area contributed by atoms with E-state index >= 15 is 0 Å². The lowest BCUT2D eigenvalue weighted by molar-refractivity contribution is -0.121. The summed E-state index contributed by atoms with van der Waals surface area (Å²) < 4.78 is 22.3. The van der Waals surface area contributed by atoms with Crippen LogP contribution in [0, 0.1) is 5.92 Å². The average Bonchev–Trinajstić information content (AvgIpc) is 2.92. The number of thiophene rings is 1. The molecule has 2 rings (SSSR count). The molecule has 106 valence electrons. The molecule has 4 nitrogen and oxygen atoms in total. The van der Waals surface area contributed by atoms with Gasteiger partial charge in [-0.05, 0) is 31.4 Å². The minimum Gasteiger partial charge on any atom is -0.353 e. The van der Waals surface area contributed by atoms with E-state index in [9.17, 15) is 13.2 Å². The van der Waals surface area contributed by atoms with Crippen molar-refractivity contribution < 1.29 is 13.2 Å². The Hall–Kier alpha value is -0.590. The second-order valence-electron chi connectivity index (χ2n) is 4.98. The van der Waals surface area contributed by atoms with Crippen LogP contribution in [0.25, 0.3) is 0 Å². The lowest BCUT2D eigenvalue weighted by atomic mass is 10.1. The van der Waals surface area contributed by atoms with Crippen LogP contribution in [0.4, 0.5) is 0 Å². The van der Waals surface area contributed by atoms with Crippen molar-refractivity contribution in [2.75, 3.05) is 0 Å². The van der Waals surface area contributed by atoms with Gasteiger partial charge in [-0.1, -0.05) is 12.8 Å². The van der Waals surface area contributed by atoms with Crippen molar-refractivity contribution in [3.63, 3.8) is 0 Å². The third-order valence-corrected chi connectivity index (χ3v) is 6.18. The van der Waals surface area contributed by atoms with Gasteiger partial charge >= 0.3 is 0 Å². The summed E-state index contributed by atoms with van der Waals surface area (Å²) in [6.07, 6.45) is 3.76. The van der Waals surface area contributed by atoms with Crippen molar-refractivity contribution in [3.05, 3.63) is 17.0 Å². The van der Waals surface area contributed by atoms with Gasteiger partial charge in [0.05, 0.1) is 6.42 Å². The van der Waals surface area contributed by atoms with Gasteiger partial charge < -0.3 is 5.32 Å². The molecule has 0 aromatic carbocycles. The molecule has 0 aliphatic heterocycles. The Morgan fingerprint density at radius 2 is 2.21 bits per heavy atom. The summed E-state index contributed by atoms with van der Waals surface area (Å²) in [5, 5.41) is 2.93. The monoisotopic (exact) mass is 321 g/mol. The van der Waals surface area contributed by atoms with E-state index in [-0.39, 0.29) is 22.6 Å². The van der Waals surface area contributed by atoms with Crippen LogP contribution in [-0.2, 0) is 20.3 Å². The summed E-state index contributed by atoms with van der Waals surface area (Å²) in [6.45, 7) is 2.00. The van der Waals surface area contributed by atoms with Crippen LogP contribution < -0.4 is 5.32 Å². The Bertz CT molecular complexity index is 563. The molecule has 1 unspecified atom stereocenters. The second kappa shape index (κ2) is 5.81. The number of rotatable bonds is 6. The van der Waals surface area contributed by atoms with Crippen LogP contribution in [0.5, 0.6) is 0 Å². The molecule has 0 spiro atoms. The van der Waals surface area contributed by atoms with Crippen LogP contribution in [0.2, 0.25) is 0 Å². The van der Waals surface area contributed by atoms with Crippen molar-refractivity contribution in [1.29, 1.82) is 0 Å². The first kappa shape index (κ1) is 14.8. The standard InChI is InChI=1S/C12H16ClNO3S2/c1-8(6-9-2-3-9)14-11(15)7-10-4-5-12(18-10)19(13,16)17/h4-5,8-9H,2-3,6-7H2,1H3,(H,14,15). The normalized spacial score (nSPS) is 17.2. The first-order valence-corrected chi connectivity index (χ1v) is 9.30. The van der Waals surface area contributed by atoms with Gasteiger partial charge in [0, 0.05) is 21.6 Å². The van der Waals surface area contributed by atoms with E-state index < -0.39 is 9.05 Å². The molecule has 1 saturated carbocycles. The van der Waals surface area contributed by atoms with Crippen molar-refractivity contribution in [2.24, 2.45) is 5.92 Å². The molecule has 0 bridgehead atoms. The summed E-state index contributed by atoms with van der Waals surface area (Å²) in [5.41, 5.74) is 0. The van der Waals surface area contributed by atoms with Crippen molar-refractivity contribution in [3.8, 4) is 0 Å². The van der Waals surface area contributed by atoms with Crippen LogP contribution >= 0.6 is 22.0 Å². The molecular weight excluding hydrogens is 306 g/mol. The van der Waals surface area contributed by atoms with Crippen LogP contribution in [0.3, 0.4) is 0 Å². The van der Waals surface area contributed by atoms with Gasteiger partial charge in [0.2, 0.25) is 5.91 Å². The van der Waals surface area contributed by atoms with E-state index in [1.165, 1.54) is 18.9 Å². The maximum atomic E-state index is 11.8. The molecule has 1 N–H and O–H groups in total. The van der Waals surface area contributed by atoms with Crippen LogP contribution in [-0.4, -0.2) is 20.4 Å². The highest BCUT2D eigenvalue weighted by Gasteiger charge is 2.24. The van der Waals surface area contributed by atoms with Crippen molar-refractivity contribution in [2.45, 2.75) is 42.9 Å². The third-order valence-electron chi connectivity index (χ3n) is 3.00. The molecular formula is C12H16ClNO3S2. The number of halogens is 1. The van der Waals surface area contributed by atoms with E-state index in [1.807, 2.05) is 6.92 Å². The molecule has 0 saturated heterocycles. The smallest absolute Gasteiger partial charge is 0.270 e. The Labute approximate surface area is 121 Å². The quantitative estimate of drug-likeness (QED) is 0.819. The zero-order chi connectivity index (χ0) is 14.0. The lowest BCUT2D eigenvalue weighted by Crippen LogP contribution is -2.33. The average molecular weight is 322 g/mol. The highest BCUT2D eigenvalue weighted by Crippen LogP contribution is 2.33. The molecule has 19 heavy (non-hydrogen) atoms. The molecule has 0 radical (unpaired) electrons. The van der Waals surface area contributed by atoms with Gasteiger partial charge in [-0.25, -0.2) is 8.42 Å². The van der Waals surface area contributed by atoms with Crippen LogP contribution in [0.1, 0.15) is 31.1 Å². The van der Waals surface area contributed by atoms with Crippen LogP contribution in [0.15, 0.2) is 16.3 Å². The van der Waals surface area contributed by atoms with Gasteiger partial charge in [0.25, 0.3) is 9.05 Å². The SMILES string of the molecule is CC(CC1CC1)NC(=O)Cc1ccc(S(=O)(=O)Cl)s1. The highest BCUT2D eigenvalue weighted by molar-refractivity contribution is 8.15. The van der Waals surface area contributed by atoms with E-state index in [1.54, 1.807) is 6.07 Å². The largest absolute Gasteiger partial charge is 0.353 e. The summed E-state index contributed by atoms with van der Waals surface area (Å²) in [4.78, 5) is 12.5. The number of nitrogens with one attached hydrogen (secondary N) is 1. The fraction of sp³-hybridized carbons (Fsp3) is 0.583. The lowest BCUT2D eigenvalue weighted by Gasteiger charge is -2.12. The molecule has 1 aliphatic carbocycles. The zero-order valence-electron chi connectivity index (χ0n) is 10.6. The van der Waals surface area contributed by atoms with E-state index in [4.69, 9.17) is 10.7 Å². The van der Waals surface area contributed by atoms with Crippen molar-refractivity contribution in [1.82, 2.24) is 5.32 Å². The number of carbonyl (C=O) groups is 1. The molecule has 1 aromatic heterocycles. The molecule has 1 atom stereocenters. The molecule has 1 fully saturated rings. The first-order valence-electron chi connectivity index (χ1n) is 6.17. The minimum atomic E-state index is -3.69. The molecule has 1 heterocycles. The van der Waals surface area contributed by atoms with Gasteiger partial charge in [-0.15, -0.1) is 11.3 Å². The van der Waals surface area contributed by atoms with E-state index in [0.29, 0.717) is 4.88 Å². The maximum absolute atomic E-state index is 11.8. The Balaban J connectivity index is 1.86. The Kier molecular flexibility index (Phi) is 4.53. The molecule has 1 aromatic rings. The molecule has 1 amide bonds. The highest BCUT2D eigenvalue weighted by atomic mass is 35.7. The van der Waals surface area contributed by atoms with E-state index in [0.717, 1.165) is 23.7 Å². The minimum absolute atomic E-state index is 0.0754. The predicted molar refractivity (Wildman–Crippen MR) is 76.0 cm³/mol. The summed E-state index contributed by atoms with van der Waals surface area (Å²) in [5.74, 6) is 0.693.